The third kappa shape index (κ3) is 2.62. The van der Waals surface area contributed by atoms with Gasteiger partial charge in [0, 0.05) is 33.9 Å². The van der Waals surface area contributed by atoms with Crippen molar-refractivity contribution in [1.82, 2.24) is 10.2 Å². The van der Waals surface area contributed by atoms with Crippen LogP contribution >= 0.6 is 0 Å². The topological polar surface area (TPSA) is 74.8 Å². The van der Waals surface area contributed by atoms with Gasteiger partial charge in [0.1, 0.15) is 0 Å². The summed E-state index contributed by atoms with van der Waals surface area (Å²) in [5.74, 6) is 0.138. The Labute approximate surface area is 151 Å². The lowest BCUT2D eigenvalue weighted by atomic mass is 9.92. The average Bonchev–Trinajstić information content (AvgIpc) is 3.19. The molecular weight excluding hydrogens is 326 g/mol. The largest absolute Gasteiger partial charge is 0.305 e. The summed E-state index contributed by atoms with van der Waals surface area (Å²) in [4.78, 5) is 25.2. The lowest BCUT2D eigenvalue weighted by Crippen LogP contribution is -2.13. The molecule has 0 bridgehead atoms. The van der Waals surface area contributed by atoms with Gasteiger partial charge in [-0.1, -0.05) is 51.1 Å². The van der Waals surface area contributed by atoms with E-state index in [4.69, 9.17) is 0 Å². The maximum absolute atomic E-state index is 12.6. The number of H-pyrrole nitrogens is 1. The number of hydrogen-bond acceptors (Lipinski definition) is 3. The predicted molar refractivity (Wildman–Crippen MR) is 101 cm³/mol. The molecule has 2 N–H and O–H groups in total. The number of amides is 1. The zero-order valence-electron chi connectivity index (χ0n) is 14.9. The zero-order chi connectivity index (χ0) is 18.5. The number of ketones is 1. The first-order valence-corrected chi connectivity index (χ1v) is 8.50. The fourth-order valence-corrected chi connectivity index (χ4v) is 3.13. The van der Waals surface area contributed by atoms with E-state index in [-0.39, 0.29) is 17.1 Å². The van der Waals surface area contributed by atoms with E-state index < -0.39 is 0 Å². The molecule has 1 amide bonds. The Morgan fingerprint density at radius 3 is 2.35 bits per heavy atom. The highest BCUT2D eigenvalue weighted by atomic mass is 16.1. The lowest BCUT2D eigenvalue weighted by Gasteiger charge is -2.14. The minimum Gasteiger partial charge on any atom is -0.305 e. The molecule has 0 aliphatic heterocycles. The second-order valence-electron chi connectivity index (χ2n) is 7.51. The van der Waals surface area contributed by atoms with Crippen LogP contribution in [-0.4, -0.2) is 21.9 Å². The standard InChI is InChI=1S/C21H19N3O2/c1-21(2,3)17-11-18(24-23-17)22-20(26)12-8-9-14-13-6-4-5-7-15(13)19(25)16(14)10-12/h4-11H,1-3H3,(H2,22,23,24,26). The van der Waals surface area contributed by atoms with Crippen molar-refractivity contribution in [2.24, 2.45) is 0 Å². The molecule has 2 aromatic carbocycles. The summed E-state index contributed by atoms with van der Waals surface area (Å²) in [6, 6.07) is 14.6. The van der Waals surface area contributed by atoms with Gasteiger partial charge in [-0.3, -0.25) is 14.7 Å². The zero-order valence-corrected chi connectivity index (χ0v) is 14.9. The number of aromatic nitrogens is 2. The van der Waals surface area contributed by atoms with Crippen molar-refractivity contribution < 1.29 is 9.59 Å². The number of fused-ring (bicyclic) bond motifs is 3. The summed E-state index contributed by atoms with van der Waals surface area (Å²) in [7, 11) is 0. The van der Waals surface area contributed by atoms with E-state index >= 15 is 0 Å². The Morgan fingerprint density at radius 1 is 0.962 bits per heavy atom. The van der Waals surface area contributed by atoms with E-state index in [1.807, 2.05) is 36.4 Å². The van der Waals surface area contributed by atoms with Crippen LogP contribution in [0.1, 0.15) is 52.7 Å². The minimum absolute atomic E-state index is 0.0416. The van der Waals surface area contributed by atoms with E-state index in [9.17, 15) is 9.59 Å². The fourth-order valence-electron chi connectivity index (χ4n) is 3.13. The van der Waals surface area contributed by atoms with Gasteiger partial charge in [0.2, 0.25) is 0 Å². The van der Waals surface area contributed by atoms with Gasteiger partial charge >= 0.3 is 0 Å². The molecule has 0 saturated carbocycles. The Hall–Kier alpha value is -3.21. The molecule has 5 heteroatoms. The van der Waals surface area contributed by atoms with Gasteiger partial charge in [0.15, 0.2) is 11.6 Å². The Bertz CT molecular complexity index is 1040. The summed E-state index contributed by atoms with van der Waals surface area (Å²) in [6.07, 6.45) is 0. The quantitative estimate of drug-likeness (QED) is 0.572. The SMILES string of the molecule is CC(C)(C)c1cc(NC(=O)c2ccc3c(c2)C(=O)c2ccccc2-3)n[nH]1. The molecule has 1 aliphatic rings. The van der Waals surface area contributed by atoms with Gasteiger partial charge in [-0.2, -0.15) is 5.10 Å². The number of rotatable bonds is 2. The molecule has 1 aromatic heterocycles. The molecule has 1 heterocycles. The van der Waals surface area contributed by atoms with Gasteiger partial charge in [-0.05, 0) is 23.3 Å². The number of carbonyl (C=O) groups excluding carboxylic acids is 2. The number of carbonyl (C=O) groups is 2. The van der Waals surface area contributed by atoms with E-state index in [0.29, 0.717) is 22.5 Å². The molecule has 0 unspecified atom stereocenters. The van der Waals surface area contributed by atoms with Crippen LogP contribution in [0.15, 0.2) is 48.5 Å². The van der Waals surface area contributed by atoms with Gasteiger partial charge in [-0.15, -0.1) is 0 Å². The summed E-state index contributed by atoms with van der Waals surface area (Å²) < 4.78 is 0. The van der Waals surface area contributed by atoms with Crippen LogP contribution < -0.4 is 5.32 Å². The molecule has 3 aromatic rings. The smallest absolute Gasteiger partial charge is 0.256 e. The summed E-state index contributed by atoms with van der Waals surface area (Å²) >= 11 is 0. The molecular formula is C21H19N3O2. The van der Waals surface area contributed by atoms with Crippen molar-refractivity contribution in [2.45, 2.75) is 26.2 Å². The third-order valence-electron chi connectivity index (χ3n) is 4.62. The highest BCUT2D eigenvalue weighted by Crippen LogP contribution is 2.36. The minimum atomic E-state index is -0.288. The van der Waals surface area contributed by atoms with Crippen LogP contribution in [0.4, 0.5) is 5.82 Å². The van der Waals surface area contributed by atoms with Crippen molar-refractivity contribution in [3.05, 3.63) is 70.9 Å². The molecule has 0 atom stereocenters. The number of anilines is 1. The van der Waals surface area contributed by atoms with Crippen molar-refractivity contribution in [3.63, 3.8) is 0 Å². The van der Waals surface area contributed by atoms with Gasteiger partial charge < -0.3 is 5.32 Å². The van der Waals surface area contributed by atoms with Crippen molar-refractivity contribution >= 4 is 17.5 Å². The molecule has 5 nitrogen and oxygen atoms in total. The number of nitrogens with zero attached hydrogens (tertiary/aromatic N) is 1. The lowest BCUT2D eigenvalue weighted by molar-refractivity contribution is 0.102. The number of hydrogen-bond donors (Lipinski definition) is 2. The van der Waals surface area contributed by atoms with Crippen LogP contribution in [-0.2, 0) is 5.41 Å². The van der Waals surface area contributed by atoms with Gasteiger partial charge in [0.05, 0.1) is 0 Å². The number of benzene rings is 2. The highest BCUT2D eigenvalue weighted by Gasteiger charge is 2.27. The summed E-state index contributed by atoms with van der Waals surface area (Å²) in [6.45, 7) is 6.20. The van der Waals surface area contributed by atoms with E-state index in [2.05, 4.69) is 36.3 Å². The van der Waals surface area contributed by atoms with Gasteiger partial charge in [0.25, 0.3) is 5.91 Å². The van der Waals surface area contributed by atoms with E-state index in [0.717, 1.165) is 16.8 Å². The summed E-state index contributed by atoms with van der Waals surface area (Å²) in [5, 5.41) is 9.87. The first kappa shape index (κ1) is 16.3. The second-order valence-corrected chi connectivity index (χ2v) is 7.51. The van der Waals surface area contributed by atoms with Gasteiger partial charge in [-0.25, -0.2) is 0 Å². The second kappa shape index (κ2) is 5.66. The molecule has 0 spiro atoms. The summed E-state index contributed by atoms with van der Waals surface area (Å²) in [5.41, 5.74) is 4.33. The maximum Gasteiger partial charge on any atom is 0.256 e. The fraction of sp³-hybridized carbons (Fsp3) is 0.190. The number of nitrogens with one attached hydrogen (secondary N) is 2. The molecule has 0 radical (unpaired) electrons. The Balaban J connectivity index is 1.61. The Kier molecular flexibility index (Phi) is 3.54. The average molecular weight is 345 g/mol. The van der Waals surface area contributed by atoms with Crippen LogP contribution in [0.3, 0.4) is 0 Å². The van der Waals surface area contributed by atoms with Crippen molar-refractivity contribution in [2.75, 3.05) is 5.32 Å². The molecule has 0 saturated heterocycles. The molecule has 1 aliphatic carbocycles. The van der Waals surface area contributed by atoms with E-state index in [1.54, 1.807) is 12.1 Å². The molecule has 130 valence electrons. The predicted octanol–water partition coefficient (Wildman–Crippen LogP) is 4.17. The monoisotopic (exact) mass is 345 g/mol. The first-order valence-electron chi connectivity index (χ1n) is 8.50. The molecule has 0 fully saturated rings. The highest BCUT2D eigenvalue weighted by molar-refractivity contribution is 6.22. The van der Waals surface area contributed by atoms with Crippen molar-refractivity contribution in [3.8, 4) is 11.1 Å². The normalized spacial score (nSPS) is 12.7. The van der Waals surface area contributed by atoms with E-state index in [1.165, 1.54) is 0 Å². The Morgan fingerprint density at radius 2 is 1.65 bits per heavy atom. The van der Waals surface area contributed by atoms with Crippen LogP contribution in [0.5, 0.6) is 0 Å². The maximum atomic E-state index is 12.6. The van der Waals surface area contributed by atoms with Crippen LogP contribution in [0, 0.1) is 0 Å². The molecule has 26 heavy (non-hydrogen) atoms. The van der Waals surface area contributed by atoms with Crippen LogP contribution in [0.2, 0.25) is 0 Å². The first-order chi connectivity index (χ1) is 12.3. The van der Waals surface area contributed by atoms with Crippen LogP contribution in [0.25, 0.3) is 11.1 Å². The third-order valence-corrected chi connectivity index (χ3v) is 4.62. The number of aromatic amines is 1. The molecule has 4 rings (SSSR count). The van der Waals surface area contributed by atoms with Crippen molar-refractivity contribution in [1.29, 1.82) is 0 Å².